The van der Waals surface area contributed by atoms with E-state index in [9.17, 15) is 19.2 Å². The van der Waals surface area contributed by atoms with E-state index in [1.807, 2.05) is 41.3 Å². The van der Waals surface area contributed by atoms with Crippen LogP contribution < -0.4 is 16.3 Å². The van der Waals surface area contributed by atoms with Gasteiger partial charge in [0.15, 0.2) is 0 Å². The molecule has 1 atom stereocenters. The number of carbonyl (C=O) groups is 3. The molecule has 0 aliphatic carbocycles. The number of halogens is 1. The molecule has 2 aromatic heterocycles. The molecule has 2 N–H and O–H groups in total. The lowest BCUT2D eigenvalue weighted by atomic mass is 9.87. The molecule has 4 aliphatic heterocycles. The van der Waals surface area contributed by atoms with E-state index in [1.54, 1.807) is 22.4 Å². The van der Waals surface area contributed by atoms with E-state index in [0.717, 1.165) is 92.4 Å². The van der Waals surface area contributed by atoms with E-state index in [4.69, 9.17) is 16.6 Å². The number of benzene rings is 3. The first kappa shape index (κ1) is 40.1. The highest BCUT2D eigenvalue weighted by atomic mass is 35.5. The number of hydrogen-bond acceptors (Lipinski definition) is 9. The maximum atomic E-state index is 13.4. The number of piperidine rings is 4. The van der Waals surface area contributed by atoms with E-state index < -0.39 is 11.9 Å². The summed E-state index contributed by atoms with van der Waals surface area (Å²) in [6, 6.07) is 24.7. The van der Waals surface area contributed by atoms with Crippen molar-refractivity contribution in [1.29, 1.82) is 0 Å². The van der Waals surface area contributed by atoms with Crippen molar-refractivity contribution in [3.05, 3.63) is 100 Å². The molecule has 13 nitrogen and oxygen atoms in total. The lowest BCUT2D eigenvalue weighted by Crippen LogP contribution is -2.51. The summed E-state index contributed by atoms with van der Waals surface area (Å²) < 4.78 is 3.17. The van der Waals surface area contributed by atoms with E-state index in [0.29, 0.717) is 54.7 Å². The first-order valence-corrected chi connectivity index (χ1v) is 21.8. The third-order valence-corrected chi connectivity index (χ3v) is 13.5. The van der Waals surface area contributed by atoms with Gasteiger partial charge in [-0.3, -0.25) is 33.7 Å². The molecule has 6 heterocycles. The minimum atomic E-state index is -0.680. The summed E-state index contributed by atoms with van der Waals surface area (Å²) in [6.07, 6.45) is 8.08. The van der Waals surface area contributed by atoms with E-state index in [1.165, 1.54) is 5.56 Å². The molecule has 9 rings (SSSR count). The molecule has 5 aromatic rings. The normalized spacial score (nSPS) is 20.4. The van der Waals surface area contributed by atoms with Crippen molar-refractivity contribution in [3.63, 3.8) is 0 Å². The highest BCUT2D eigenvalue weighted by molar-refractivity contribution is 6.33. The zero-order valence-corrected chi connectivity index (χ0v) is 34.8. The number of aryl methyl sites for hydroxylation is 1. The van der Waals surface area contributed by atoms with Gasteiger partial charge in [-0.25, -0.2) is 14.8 Å². The number of anilines is 1. The van der Waals surface area contributed by atoms with Gasteiger partial charge in [0.2, 0.25) is 23.7 Å². The van der Waals surface area contributed by atoms with Crippen LogP contribution >= 0.6 is 11.6 Å². The van der Waals surface area contributed by atoms with Crippen LogP contribution in [0.15, 0.2) is 83.8 Å². The number of imidazole rings is 1. The molecule has 60 heavy (non-hydrogen) atoms. The van der Waals surface area contributed by atoms with Crippen LogP contribution in [0.4, 0.5) is 5.95 Å². The summed E-state index contributed by atoms with van der Waals surface area (Å²) in [5.41, 5.74) is 6.39. The highest BCUT2D eigenvalue weighted by Gasteiger charge is 2.33. The fraction of sp³-hybridized carbons (Fsp3) is 0.435. The Morgan fingerprint density at radius 2 is 1.53 bits per heavy atom. The number of likely N-dealkylation sites (tertiary alicyclic amines) is 3. The number of nitrogens with one attached hydrogen (secondary N) is 2. The summed E-state index contributed by atoms with van der Waals surface area (Å²) >= 11 is 6.60. The van der Waals surface area contributed by atoms with Crippen molar-refractivity contribution >= 4 is 46.3 Å². The van der Waals surface area contributed by atoms with Gasteiger partial charge < -0.3 is 15.1 Å². The van der Waals surface area contributed by atoms with Gasteiger partial charge in [-0.15, -0.1) is 0 Å². The van der Waals surface area contributed by atoms with Crippen LogP contribution in [0.1, 0.15) is 68.9 Å². The van der Waals surface area contributed by atoms with E-state index in [2.05, 4.69) is 61.8 Å². The van der Waals surface area contributed by atoms with Crippen LogP contribution in [-0.2, 0) is 21.4 Å². The Morgan fingerprint density at radius 3 is 2.28 bits per heavy atom. The lowest BCUT2D eigenvalue weighted by molar-refractivity contribution is -0.136. The SMILES string of the molecule is Cn1c(=O)n(C2CCC(=O)NC2=O)c2ccc(C3CCN(C4CCN(CC(=O)N5CCC(Nc6ncc(Cl)c(-c7cccc(-c8ccccc8)c7)n6)CC5)CC4)CC3)cc21. The summed E-state index contributed by atoms with van der Waals surface area (Å²) in [6.45, 7) is 5.77. The Hall–Kier alpha value is -5.37. The van der Waals surface area contributed by atoms with Crippen LogP contribution in [0.3, 0.4) is 0 Å². The van der Waals surface area contributed by atoms with Crippen molar-refractivity contribution < 1.29 is 14.4 Å². The number of aromatic nitrogens is 4. The minimum absolute atomic E-state index is 0.169. The molecule has 14 heteroatoms. The molecule has 3 amide bonds. The Balaban J connectivity index is 0.724. The van der Waals surface area contributed by atoms with Crippen molar-refractivity contribution in [2.24, 2.45) is 7.05 Å². The molecule has 0 spiro atoms. The molecular formula is C46H52ClN9O4. The Bertz CT molecular complexity index is 2450. The van der Waals surface area contributed by atoms with Gasteiger partial charge in [0.05, 0.1) is 34.5 Å². The van der Waals surface area contributed by atoms with Crippen molar-refractivity contribution in [2.45, 2.75) is 75.4 Å². The zero-order chi connectivity index (χ0) is 41.3. The monoisotopic (exact) mass is 829 g/mol. The summed E-state index contributed by atoms with van der Waals surface area (Å²) in [5.74, 6) is 0.445. The van der Waals surface area contributed by atoms with Crippen molar-refractivity contribution in [2.75, 3.05) is 51.1 Å². The van der Waals surface area contributed by atoms with Gasteiger partial charge >= 0.3 is 5.69 Å². The van der Waals surface area contributed by atoms with Gasteiger partial charge in [0.1, 0.15) is 6.04 Å². The number of hydrogen-bond donors (Lipinski definition) is 2. The fourth-order valence-electron chi connectivity index (χ4n) is 9.77. The summed E-state index contributed by atoms with van der Waals surface area (Å²) in [4.78, 5) is 67.3. The molecule has 0 bridgehead atoms. The first-order chi connectivity index (χ1) is 29.2. The predicted octanol–water partition coefficient (Wildman–Crippen LogP) is 5.84. The topological polar surface area (TPSA) is 138 Å². The summed E-state index contributed by atoms with van der Waals surface area (Å²) in [7, 11) is 1.75. The third-order valence-electron chi connectivity index (χ3n) is 13.2. The average molecular weight is 830 g/mol. The van der Waals surface area contributed by atoms with Gasteiger partial charge in [-0.05, 0) is 98.8 Å². The Morgan fingerprint density at radius 1 is 0.800 bits per heavy atom. The summed E-state index contributed by atoms with van der Waals surface area (Å²) in [5, 5.41) is 6.40. The largest absolute Gasteiger partial charge is 0.351 e. The van der Waals surface area contributed by atoms with Crippen molar-refractivity contribution in [1.82, 2.24) is 39.1 Å². The second kappa shape index (κ2) is 17.3. The molecule has 4 aliphatic rings. The molecule has 4 fully saturated rings. The van der Waals surface area contributed by atoms with Gasteiger partial charge in [-0.2, -0.15) is 0 Å². The predicted molar refractivity (Wildman–Crippen MR) is 233 cm³/mol. The van der Waals surface area contributed by atoms with Gasteiger partial charge in [0, 0.05) is 57.3 Å². The molecule has 3 aromatic carbocycles. The average Bonchev–Trinajstić information content (AvgIpc) is 3.53. The van der Waals surface area contributed by atoms with Crippen LogP contribution in [-0.4, -0.2) is 109 Å². The molecule has 4 saturated heterocycles. The number of rotatable bonds is 9. The van der Waals surface area contributed by atoms with Crippen LogP contribution in [0.25, 0.3) is 33.4 Å². The number of fused-ring (bicyclic) bond motifs is 1. The number of carbonyl (C=O) groups excluding carboxylic acids is 3. The Labute approximate surface area is 354 Å². The Kier molecular flexibility index (Phi) is 11.6. The van der Waals surface area contributed by atoms with Crippen LogP contribution in [0.5, 0.6) is 0 Å². The maximum absolute atomic E-state index is 13.4. The molecule has 0 radical (unpaired) electrons. The number of nitrogens with zero attached hydrogens (tertiary/aromatic N) is 7. The maximum Gasteiger partial charge on any atom is 0.329 e. The first-order valence-electron chi connectivity index (χ1n) is 21.4. The minimum Gasteiger partial charge on any atom is -0.351 e. The number of amides is 3. The highest BCUT2D eigenvalue weighted by Crippen LogP contribution is 2.34. The van der Waals surface area contributed by atoms with E-state index in [-0.39, 0.29) is 30.0 Å². The smallest absolute Gasteiger partial charge is 0.329 e. The van der Waals surface area contributed by atoms with Crippen LogP contribution in [0, 0.1) is 0 Å². The molecular weight excluding hydrogens is 778 g/mol. The van der Waals surface area contributed by atoms with Crippen molar-refractivity contribution in [3.8, 4) is 22.4 Å². The number of imide groups is 1. The van der Waals surface area contributed by atoms with Crippen LogP contribution in [0.2, 0.25) is 5.02 Å². The fourth-order valence-corrected chi connectivity index (χ4v) is 9.97. The second-order valence-electron chi connectivity index (χ2n) is 16.9. The van der Waals surface area contributed by atoms with Gasteiger partial charge in [-0.1, -0.05) is 66.2 Å². The zero-order valence-electron chi connectivity index (χ0n) is 34.1. The quantitative estimate of drug-likeness (QED) is 0.176. The molecule has 312 valence electrons. The third kappa shape index (κ3) is 8.35. The standard InChI is InChI=1S/C46H52ClN9O4/c1-52-40-27-33(10-11-38(40)56(46(52)60)39-12-13-41(57)50-44(39)59)31-14-22-54(23-15-31)36-18-20-53(21-19-36)29-42(58)55-24-16-35(17-25-55)49-45-48-28-37(47)43(51-45)34-9-5-8-32(26-34)30-6-3-2-4-7-30/h2-11,26-28,31,35-36,39H,12-25,29H2,1H3,(H,48,49,51)(H,50,57,59). The van der Waals surface area contributed by atoms with Gasteiger partial charge in [0.25, 0.3) is 0 Å². The van der Waals surface area contributed by atoms with E-state index >= 15 is 0 Å². The molecule has 1 unspecified atom stereocenters. The molecule has 0 saturated carbocycles. The lowest BCUT2D eigenvalue weighted by Gasteiger charge is -2.42. The second-order valence-corrected chi connectivity index (χ2v) is 17.3.